The zero-order valence-corrected chi connectivity index (χ0v) is 13.2. The Bertz CT molecular complexity index is 584. The van der Waals surface area contributed by atoms with Crippen molar-refractivity contribution in [1.82, 2.24) is 10.6 Å². The molecule has 0 aromatic heterocycles. The summed E-state index contributed by atoms with van der Waals surface area (Å²) in [7, 11) is 0. The maximum Gasteiger partial charge on any atom is 0.236 e. The molecule has 0 aliphatic carbocycles. The number of rotatable bonds is 2. The highest BCUT2D eigenvalue weighted by Crippen LogP contribution is 2.33. The molecule has 22 heavy (non-hydrogen) atoms. The van der Waals surface area contributed by atoms with Gasteiger partial charge in [-0.3, -0.25) is 14.9 Å². The number of carbonyl (C=O) groups is 2. The minimum Gasteiger partial charge on any atom is -0.366 e. The van der Waals surface area contributed by atoms with Crippen LogP contribution in [0.3, 0.4) is 0 Å². The number of hydrogen-bond acceptors (Lipinski definition) is 4. The number of piperidine rings is 1. The minimum absolute atomic E-state index is 0.172. The maximum atomic E-state index is 12.2. The van der Waals surface area contributed by atoms with Gasteiger partial charge in [0.15, 0.2) is 0 Å². The number of hydrogen-bond donors (Lipinski definition) is 2. The fourth-order valence-corrected chi connectivity index (χ4v) is 3.32. The highest BCUT2D eigenvalue weighted by molar-refractivity contribution is 6.03. The number of carbonyl (C=O) groups excluding carboxylic acids is 2. The van der Waals surface area contributed by atoms with Gasteiger partial charge in [-0.05, 0) is 38.0 Å². The van der Waals surface area contributed by atoms with Gasteiger partial charge in [0.25, 0.3) is 0 Å². The Labute approximate surface area is 131 Å². The molecular weight excluding hydrogens is 278 g/mol. The Morgan fingerprint density at radius 2 is 1.95 bits per heavy atom. The zero-order chi connectivity index (χ0) is 15.7. The molecule has 2 aliphatic heterocycles. The first-order chi connectivity index (χ1) is 10.5. The summed E-state index contributed by atoms with van der Waals surface area (Å²) in [5.41, 5.74) is 1.55. The molecule has 2 saturated heterocycles. The average Bonchev–Trinajstić information content (AvgIpc) is 2.52. The van der Waals surface area contributed by atoms with Crippen LogP contribution >= 0.6 is 0 Å². The molecule has 0 bridgehead atoms. The third-order valence-corrected chi connectivity index (χ3v) is 4.94. The van der Waals surface area contributed by atoms with Gasteiger partial charge in [0.2, 0.25) is 11.8 Å². The first-order valence-electron chi connectivity index (χ1n) is 7.93. The van der Waals surface area contributed by atoms with Crippen LogP contribution < -0.4 is 15.5 Å². The van der Waals surface area contributed by atoms with Crippen LogP contribution in [0.2, 0.25) is 0 Å². The molecule has 2 fully saturated rings. The van der Waals surface area contributed by atoms with Crippen LogP contribution in [-0.2, 0) is 15.0 Å². The fourth-order valence-electron chi connectivity index (χ4n) is 3.32. The summed E-state index contributed by atoms with van der Waals surface area (Å²) in [6.45, 7) is 7.10. The molecule has 2 heterocycles. The smallest absolute Gasteiger partial charge is 0.236 e. The molecule has 1 aromatic carbocycles. The van der Waals surface area contributed by atoms with Crippen molar-refractivity contribution in [3.05, 3.63) is 29.8 Å². The van der Waals surface area contributed by atoms with Crippen molar-refractivity contribution in [2.24, 2.45) is 0 Å². The second-order valence-corrected chi connectivity index (χ2v) is 6.50. The van der Waals surface area contributed by atoms with E-state index in [2.05, 4.69) is 34.6 Å². The van der Waals surface area contributed by atoms with Crippen molar-refractivity contribution in [2.45, 2.75) is 38.1 Å². The van der Waals surface area contributed by atoms with E-state index in [9.17, 15) is 9.59 Å². The molecule has 2 atom stereocenters. The second-order valence-electron chi connectivity index (χ2n) is 6.50. The Hall–Kier alpha value is -1.88. The van der Waals surface area contributed by atoms with Gasteiger partial charge in [-0.2, -0.15) is 0 Å². The highest BCUT2D eigenvalue weighted by atomic mass is 16.2. The van der Waals surface area contributed by atoms with Crippen LogP contribution in [0.1, 0.15) is 32.3 Å². The fraction of sp³-hybridized carbons (Fsp3) is 0.529. The third-order valence-electron chi connectivity index (χ3n) is 4.94. The van der Waals surface area contributed by atoms with Crippen LogP contribution in [-0.4, -0.2) is 37.5 Å². The minimum atomic E-state index is -0.610. The van der Waals surface area contributed by atoms with Crippen molar-refractivity contribution < 1.29 is 9.59 Å². The second kappa shape index (κ2) is 5.72. The van der Waals surface area contributed by atoms with Gasteiger partial charge in [-0.15, -0.1) is 0 Å². The molecule has 2 aliphatic rings. The van der Waals surface area contributed by atoms with Crippen molar-refractivity contribution in [3.63, 3.8) is 0 Å². The highest BCUT2D eigenvalue weighted by Gasteiger charge is 2.39. The van der Waals surface area contributed by atoms with Crippen molar-refractivity contribution in [2.75, 3.05) is 24.5 Å². The first kappa shape index (κ1) is 15.0. The number of amides is 2. The Morgan fingerprint density at radius 3 is 2.59 bits per heavy atom. The predicted molar refractivity (Wildman–Crippen MR) is 85.9 cm³/mol. The number of anilines is 1. The molecule has 0 radical (unpaired) electrons. The Balaban J connectivity index is 1.82. The number of imide groups is 1. The van der Waals surface area contributed by atoms with E-state index in [1.807, 2.05) is 19.1 Å². The molecule has 0 saturated carbocycles. The lowest BCUT2D eigenvalue weighted by atomic mass is 9.75. The molecule has 2 N–H and O–H groups in total. The molecule has 1 aromatic rings. The lowest BCUT2D eigenvalue weighted by Gasteiger charge is -2.37. The normalized spacial score (nSPS) is 29.4. The Morgan fingerprint density at radius 1 is 1.23 bits per heavy atom. The van der Waals surface area contributed by atoms with Gasteiger partial charge in [-0.1, -0.05) is 12.1 Å². The molecule has 2 unspecified atom stereocenters. The summed E-state index contributed by atoms with van der Waals surface area (Å²) in [6, 6.07) is 8.70. The molecule has 5 heteroatoms. The van der Waals surface area contributed by atoms with Crippen LogP contribution in [0.5, 0.6) is 0 Å². The Kier molecular flexibility index (Phi) is 3.91. The largest absolute Gasteiger partial charge is 0.366 e. The molecule has 5 nitrogen and oxygen atoms in total. The SMILES string of the molecule is CC1CNCCN1c1ccc(C2(C)CCC(=O)NC2=O)cc1. The summed E-state index contributed by atoms with van der Waals surface area (Å²) in [6.07, 6.45) is 0.972. The number of benzene rings is 1. The van der Waals surface area contributed by atoms with Gasteiger partial charge >= 0.3 is 0 Å². The van der Waals surface area contributed by atoms with Crippen LogP contribution in [0.15, 0.2) is 24.3 Å². The van der Waals surface area contributed by atoms with E-state index in [0.717, 1.165) is 25.2 Å². The number of nitrogens with zero attached hydrogens (tertiary/aromatic N) is 1. The summed E-state index contributed by atoms with van der Waals surface area (Å²) >= 11 is 0. The predicted octanol–water partition coefficient (Wildman–Crippen LogP) is 1.18. The summed E-state index contributed by atoms with van der Waals surface area (Å²) in [4.78, 5) is 25.9. The van der Waals surface area contributed by atoms with E-state index in [1.54, 1.807) is 0 Å². The lowest BCUT2D eigenvalue weighted by molar-refractivity contribution is -0.137. The van der Waals surface area contributed by atoms with E-state index in [0.29, 0.717) is 18.9 Å². The molecule has 2 amide bonds. The van der Waals surface area contributed by atoms with E-state index < -0.39 is 5.41 Å². The zero-order valence-electron chi connectivity index (χ0n) is 13.2. The van der Waals surface area contributed by atoms with E-state index in [1.165, 1.54) is 5.69 Å². The number of piperazine rings is 1. The van der Waals surface area contributed by atoms with E-state index in [-0.39, 0.29) is 11.8 Å². The topological polar surface area (TPSA) is 61.4 Å². The first-order valence-corrected chi connectivity index (χ1v) is 7.93. The summed E-state index contributed by atoms with van der Waals surface area (Å²) in [5, 5.41) is 5.84. The summed E-state index contributed by atoms with van der Waals surface area (Å²) in [5.74, 6) is -0.360. The molecule has 118 valence electrons. The third kappa shape index (κ3) is 2.61. The molecule has 3 rings (SSSR count). The van der Waals surface area contributed by atoms with Crippen LogP contribution in [0.25, 0.3) is 0 Å². The van der Waals surface area contributed by atoms with E-state index >= 15 is 0 Å². The van der Waals surface area contributed by atoms with Crippen LogP contribution in [0, 0.1) is 0 Å². The van der Waals surface area contributed by atoms with Gasteiger partial charge in [0.05, 0.1) is 5.41 Å². The van der Waals surface area contributed by atoms with Crippen LogP contribution in [0.4, 0.5) is 5.69 Å². The maximum absolute atomic E-state index is 12.2. The average molecular weight is 301 g/mol. The van der Waals surface area contributed by atoms with Gasteiger partial charge in [0, 0.05) is 37.8 Å². The van der Waals surface area contributed by atoms with Crippen molar-refractivity contribution >= 4 is 17.5 Å². The summed E-state index contributed by atoms with van der Waals surface area (Å²) < 4.78 is 0. The molecular formula is C17H23N3O2. The van der Waals surface area contributed by atoms with E-state index in [4.69, 9.17) is 0 Å². The van der Waals surface area contributed by atoms with Gasteiger partial charge in [-0.25, -0.2) is 0 Å². The quantitative estimate of drug-likeness (QED) is 0.805. The number of nitrogens with one attached hydrogen (secondary N) is 2. The lowest BCUT2D eigenvalue weighted by Crippen LogP contribution is -2.50. The van der Waals surface area contributed by atoms with Gasteiger partial charge in [0.1, 0.15) is 0 Å². The van der Waals surface area contributed by atoms with Crippen molar-refractivity contribution in [3.8, 4) is 0 Å². The van der Waals surface area contributed by atoms with Gasteiger partial charge < -0.3 is 10.2 Å². The standard InChI is InChI=1S/C17H23N3O2/c1-12-11-18-9-10-20(12)14-5-3-13(4-6-14)17(2)8-7-15(21)19-16(17)22/h3-6,12,18H,7-11H2,1-2H3,(H,19,21,22). The molecule has 0 spiro atoms. The van der Waals surface area contributed by atoms with Crippen molar-refractivity contribution in [1.29, 1.82) is 0 Å². The monoisotopic (exact) mass is 301 g/mol.